The van der Waals surface area contributed by atoms with Crippen LogP contribution in [0.3, 0.4) is 0 Å². The summed E-state index contributed by atoms with van der Waals surface area (Å²) in [7, 11) is 0. The van der Waals surface area contributed by atoms with Gasteiger partial charge in [-0.1, -0.05) is 26.8 Å². The van der Waals surface area contributed by atoms with Gasteiger partial charge >= 0.3 is 5.97 Å². The van der Waals surface area contributed by atoms with Gasteiger partial charge in [0.15, 0.2) is 5.78 Å². The van der Waals surface area contributed by atoms with Gasteiger partial charge in [0.05, 0.1) is 12.7 Å². The minimum Gasteiger partial charge on any atom is -0.462 e. The molecule has 2 aliphatic heterocycles. The molecule has 6 fully saturated rings. The molecule has 0 radical (unpaired) electrons. The van der Waals surface area contributed by atoms with Gasteiger partial charge in [-0.05, 0) is 30.3 Å². The number of esters is 1. The van der Waals surface area contributed by atoms with E-state index >= 15 is 0 Å². The Hall–Kier alpha value is -1.28. The average molecular weight is 406 g/mol. The van der Waals surface area contributed by atoms with Crippen LogP contribution in [0.1, 0.15) is 46.5 Å². The highest BCUT2D eigenvalue weighted by Crippen LogP contribution is 2.76. The van der Waals surface area contributed by atoms with E-state index in [0.29, 0.717) is 12.8 Å². The molecule has 0 aromatic rings. The van der Waals surface area contributed by atoms with Crippen LogP contribution in [0.25, 0.3) is 0 Å². The highest BCUT2D eigenvalue weighted by atomic mass is 16.6. The highest BCUT2D eigenvalue weighted by molar-refractivity contribution is 6.05. The molecule has 2 heterocycles. The van der Waals surface area contributed by atoms with E-state index in [0.717, 1.165) is 12.8 Å². The second kappa shape index (κ2) is 5.49. The van der Waals surface area contributed by atoms with Crippen LogP contribution >= 0.6 is 0 Å². The number of rotatable bonds is 1. The Morgan fingerprint density at radius 3 is 2.55 bits per heavy atom. The van der Waals surface area contributed by atoms with Crippen LogP contribution in [0.5, 0.6) is 0 Å². The summed E-state index contributed by atoms with van der Waals surface area (Å²) in [5.74, 6) is -4.78. The van der Waals surface area contributed by atoms with E-state index in [1.54, 1.807) is 0 Å². The smallest absolute Gasteiger partial charge is 0.302 e. The summed E-state index contributed by atoms with van der Waals surface area (Å²) < 4.78 is 11.6. The van der Waals surface area contributed by atoms with Crippen molar-refractivity contribution >= 4 is 11.8 Å². The second-order valence-corrected chi connectivity index (χ2v) is 10.6. The lowest BCUT2D eigenvalue weighted by Crippen LogP contribution is -2.85. The Morgan fingerprint density at radius 1 is 1.21 bits per heavy atom. The van der Waals surface area contributed by atoms with Gasteiger partial charge in [0.25, 0.3) is 0 Å². The van der Waals surface area contributed by atoms with E-state index in [2.05, 4.69) is 20.4 Å². The molecule has 3 N–H and O–H groups in total. The average Bonchev–Trinajstić information content (AvgIpc) is 2.73. The zero-order valence-corrected chi connectivity index (χ0v) is 17.2. The van der Waals surface area contributed by atoms with Crippen LogP contribution in [0.4, 0.5) is 0 Å². The Kier molecular flexibility index (Phi) is 3.73. The van der Waals surface area contributed by atoms with E-state index in [1.165, 1.54) is 6.92 Å². The predicted molar refractivity (Wildman–Crippen MR) is 100 cm³/mol. The highest BCUT2D eigenvalue weighted by Gasteiger charge is 2.87. The van der Waals surface area contributed by atoms with Gasteiger partial charge < -0.3 is 24.8 Å². The number of carbonyl (C=O) groups is 2. The molecule has 6 rings (SSSR count). The molecule has 4 bridgehead atoms. The number of hydrogen-bond acceptors (Lipinski definition) is 7. The minimum absolute atomic E-state index is 0.163. The van der Waals surface area contributed by atoms with Gasteiger partial charge in [0, 0.05) is 30.1 Å². The van der Waals surface area contributed by atoms with Gasteiger partial charge in [-0.3, -0.25) is 9.59 Å². The van der Waals surface area contributed by atoms with E-state index < -0.39 is 58.5 Å². The number of ether oxygens (including phenoxy) is 2. The molecule has 4 aliphatic carbocycles. The summed E-state index contributed by atoms with van der Waals surface area (Å²) in [5.41, 5.74) is -2.54. The Labute approximate surface area is 170 Å². The molecule has 0 unspecified atom stereocenters. The van der Waals surface area contributed by atoms with Crippen molar-refractivity contribution in [1.29, 1.82) is 0 Å². The molecule has 4 saturated carbocycles. The Balaban J connectivity index is 1.80. The van der Waals surface area contributed by atoms with Gasteiger partial charge in [0.2, 0.25) is 5.79 Å². The van der Waals surface area contributed by atoms with Gasteiger partial charge in [-0.2, -0.15) is 0 Å². The normalized spacial score (nSPS) is 54.7. The van der Waals surface area contributed by atoms with Crippen molar-refractivity contribution in [2.45, 2.75) is 70.6 Å². The molecule has 29 heavy (non-hydrogen) atoms. The summed E-state index contributed by atoms with van der Waals surface area (Å²) in [4.78, 5) is 25.6. The van der Waals surface area contributed by atoms with Gasteiger partial charge in [-0.15, -0.1) is 0 Å². The molecule has 2 saturated heterocycles. The van der Waals surface area contributed by atoms with Crippen LogP contribution in [0.15, 0.2) is 12.2 Å². The largest absolute Gasteiger partial charge is 0.462 e. The van der Waals surface area contributed by atoms with Crippen molar-refractivity contribution in [3.05, 3.63) is 12.2 Å². The summed E-state index contributed by atoms with van der Waals surface area (Å²) in [6, 6.07) is 0. The molecule has 0 aromatic carbocycles. The van der Waals surface area contributed by atoms with Crippen LogP contribution in [0.2, 0.25) is 0 Å². The van der Waals surface area contributed by atoms with Gasteiger partial charge in [0.1, 0.15) is 17.6 Å². The fraction of sp³-hybridized carbons (Fsp3) is 0.818. The molecule has 0 aromatic heterocycles. The van der Waals surface area contributed by atoms with E-state index in [1.807, 2.05) is 0 Å². The number of aliphatic hydroxyl groups excluding tert-OH is 2. The maximum Gasteiger partial charge on any atom is 0.302 e. The summed E-state index contributed by atoms with van der Waals surface area (Å²) >= 11 is 0. The lowest BCUT2D eigenvalue weighted by Gasteiger charge is -2.74. The first-order valence-electron chi connectivity index (χ1n) is 10.6. The van der Waals surface area contributed by atoms with Crippen molar-refractivity contribution < 1.29 is 34.4 Å². The van der Waals surface area contributed by atoms with Gasteiger partial charge in [-0.25, -0.2) is 0 Å². The minimum atomic E-state index is -2.24. The third-order valence-corrected chi connectivity index (χ3v) is 9.04. The third-order valence-electron chi connectivity index (χ3n) is 9.04. The van der Waals surface area contributed by atoms with Crippen molar-refractivity contribution in [3.63, 3.8) is 0 Å². The van der Waals surface area contributed by atoms with E-state index in [9.17, 15) is 24.9 Å². The lowest BCUT2D eigenvalue weighted by molar-refractivity contribution is -0.455. The molecule has 0 amide bonds. The summed E-state index contributed by atoms with van der Waals surface area (Å²) in [5, 5.41) is 34.6. The number of ketones is 1. The predicted octanol–water partition coefficient (Wildman–Crippen LogP) is 0.946. The Bertz CT molecular complexity index is 820. The van der Waals surface area contributed by atoms with Crippen molar-refractivity contribution in [2.24, 2.45) is 34.0 Å². The van der Waals surface area contributed by atoms with Crippen LogP contribution in [0, 0.1) is 34.0 Å². The number of hydrogen-bond donors (Lipinski definition) is 3. The van der Waals surface area contributed by atoms with Crippen LogP contribution in [-0.4, -0.2) is 57.8 Å². The van der Waals surface area contributed by atoms with E-state index in [-0.39, 0.29) is 23.5 Å². The first kappa shape index (κ1) is 19.7. The molecule has 7 nitrogen and oxygen atoms in total. The zero-order chi connectivity index (χ0) is 21.1. The SMILES string of the molecule is C=C1C(=O)[C@]23[C@H](O)[C@H]1C[C@H](OC(C)=O)[C@H]2[C@]12CCCC(C)(C)[C@H]1[C@H](O)[C@]3(O)OC2. The zero-order valence-electron chi connectivity index (χ0n) is 17.2. The van der Waals surface area contributed by atoms with Crippen molar-refractivity contribution in [3.8, 4) is 0 Å². The standard InChI is InChI=1S/C22H30O7/c1-10-12-8-13(29-11(2)23)14-20-7-5-6-19(3,4)15(20)18(26)22(27,28-9-20)21(14,16(10)24)17(12)25/h12-15,17-18,25-27H,1,5-9H2,2-4H3/t12-,13-,14-,15+,17+,18-,20+,21-,22-/m0/s1. The first-order chi connectivity index (χ1) is 13.4. The number of Topliss-reactive ketones (excluding diaryl/α,β-unsaturated/α-hetero) is 1. The molecular formula is C22H30O7. The van der Waals surface area contributed by atoms with Crippen molar-refractivity contribution in [2.75, 3.05) is 6.61 Å². The third kappa shape index (κ3) is 1.90. The number of aliphatic hydroxyl groups is 3. The first-order valence-corrected chi connectivity index (χ1v) is 10.6. The molecule has 6 aliphatic rings. The number of carbonyl (C=O) groups excluding carboxylic acids is 2. The molecule has 160 valence electrons. The fourth-order valence-electron chi connectivity index (χ4n) is 8.33. The monoisotopic (exact) mass is 406 g/mol. The molecule has 2 spiro atoms. The maximum atomic E-state index is 13.6. The second-order valence-electron chi connectivity index (χ2n) is 10.6. The quantitative estimate of drug-likeness (QED) is 0.439. The summed E-state index contributed by atoms with van der Waals surface area (Å²) in [6.45, 7) is 9.53. The maximum absolute atomic E-state index is 13.6. The molecular weight excluding hydrogens is 376 g/mol. The topological polar surface area (TPSA) is 113 Å². The van der Waals surface area contributed by atoms with Crippen LogP contribution < -0.4 is 0 Å². The van der Waals surface area contributed by atoms with E-state index in [4.69, 9.17) is 9.47 Å². The molecule has 7 heteroatoms. The molecule has 9 atom stereocenters. The summed E-state index contributed by atoms with van der Waals surface area (Å²) in [6.07, 6.45) is -0.508. The Morgan fingerprint density at radius 2 is 1.90 bits per heavy atom. The van der Waals surface area contributed by atoms with Crippen LogP contribution in [-0.2, 0) is 19.1 Å². The van der Waals surface area contributed by atoms with Crippen molar-refractivity contribution in [1.82, 2.24) is 0 Å². The lowest BCUT2D eigenvalue weighted by atomic mass is 9.36. The number of fused-ring (bicyclic) bond motifs is 2. The fourth-order valence-corrected chi connectivity index (χ4v) is 8.33.